The van der Waals surface area contributed by atoms with E-state index < -0.39 is 16.0 Å². The van der Waals surface area contributed by atoms with E-state index in [0.29, 0.717) is 31.9 Å². The zero-order valence-electron chi connectivity index (χ0n) is 13.8. The maximum absolute atomic E-state index is 12.7. The van der Waals surface area contributed by atoms with Gasteiger partial charge in [-0.05, 0) is 29.8 Å². The average Bonchev–Trinajstić information content (AvgIpc) is 2.67. The van der Waals surface area contributed by atoms with E-state index in [9.17, 15) is 13.2 Å². The van der Waals surface area contributed by atoms with E-state index in [1.165, 1.54) is 34.8 Å². The first-order valence-corrected chi connectivity index (χ1v) is 9.74. The number of ether oxygens (including phenoxy) is 2. The van der Waals surface area contributed by atoms with Gasteiger partial charge in [-0.1, -0.05) is 23.7 Å². The van der Waals surface area contributed by atoms with Crippen molar-refractivity contribution in [1.82, 2.24) is 9.29 Å². The van der Waals surface area contributed by atoms with Gasteiger partial charge in [-0.2, -0.15) is 4.31 Å². The summed E-state index contributed by atoms with van der Waals surface area (Å²) < 4.78 is 37.1. The summed E-state index contributed by atoms with van der Waals surface area (Å²) in [5.41, 5.74) is 0.848. The Balaban J connectivity index is 1.69. The quantitative estimate of drug-likeness (QED) is 0.568. The van der Waals surface area contributed by atoms with Crippen LogP contribution in [0, 0.1) is 0 Å². The molecule has 2 heterocycles. The molecule has 1 aromatic carbocycles. The van der Waals surface area contributed by atoms with Gasteiger partial charge in [-0.25, -0.2) is 18.2 Å². The summed E-state index contributed by atoms with van der Waals surface area (Å²) in [7, 11) is -3.59. The fourth-order valence-corrected chi connectivity index (χ4v) is 4.05. The lowest BCUT2D eigenvalue weighted by molar-refractivity contribution is 0.0472. The van der Waals surface area contributed by atoms with Crippen molar-refractivity contribution >= 4 is 27.6 Å². The van der Waals surface area contributed by atoms with Crippen LogP contribution in [-0.2, 0) is 26.1 Å². The topological polar surface area (TPSA) is 85.8 Å². The Morgan fingerprint density at radius 2 is 2.00 bits per heavy atom. The molecule has 0 bridgehead atoms. The molecule has 0 amide bonds. The van der Waals surface area contributed by atoms with Crippen LogP contribution in [0.4, 0.5) is 0 Å². The number of nitrogens with zero attached hydrogens (tertiary/aromatic N) is 2. The number of benzene rings is 1. The van der Waals surface area contributed by atoms with Crippen molar-refractivity contribution in [3.05, 3.63) is 58.9 Å². The first-order chi connectivity index (χ1) is 12.5. The normalized spacial score (nSPS) is 15.6. The molecule has 0 radical (unpaired) electrons. The Hall–Kier alpha value is -2.00. The second kappa shape index (κ2) is 8.13. The van der Waals surface area contributed by atoms with Crippen molar-refractivity contribution in [3.63, 3.8) is 0 Å². The van der Waals surface area contributed by atoms with Gasteiger partial charge in [0.15, 0.2) is 0 Å². The smallest absolute Gasteiger partial charge is 0.340 e. The predicted molar refractivity (Wildman–Crippen MR) is 94.4 cm³/mol. The number of aromatic nitrogens is 1. The van der Waals surface area contributed by atoms with Gasteiger partial charge in [-0.15, -0.1) is 0 Å². The number of morpholine rings is 1. The number of rotatable bonds is 5. The standard InChI is InChI=1S/C17H17ClN2O5S/c18-16-5-4-14(11-19-16)17(21)25-12-13-2-1-3-15(10-13)26(22,23)20-6-8-24-9-7-20/h1-5,10-11H,6-9,12H2. The predicted octanol–water partition coefficient (Wildman–Crippen LogP) is 2.11. The first-order valence-electron chi connectivity index (χ1n) is 7.92. The highest BCUT2D eigenvalue weighted by molar-refractivity contribution is 7.89. The van der Waals surface area contributed by atoms with E-state index in [0.717, 1.165) is 0 Å². The molecular formula is C17H17ClN2O5S. The number of carbonyl (C=O) groups is 1. The molecule has 26 heavy (non-hydrogen) atoms. The average molecular weight is 397 g/mol. The SMILES string of the molecule is O=C(OCc1cccc(S(=O)(=O)N2CCOCC2)c1)c1ccc(Cl)nc1. The lowest BCUT2D eigenvalue weighted by Crippen LogP contribution is -2.40. The number of hydrogen-bond donors (Lipinski definition) is 0. The van der Waals surface area contributed by atoms with E-state index in [1.807, 2.05) is 0 Å². The number of hydrogen-bond acceptors (Lipinski definition) is 6. The highest BCUT2D eigenvalue weighted by Crippen LogP contribution is 2.19. The Bertz CT molecular complexity index is 880. The second-order valence-electron chi connectivity index (χ2n) is 5.61. The Labute approximate surface area is 156 Å². The van der Waals surface area contributed by atoms with Crippen molar-refractivity contribution in [3.8, 4) is 0 Å². The summed E-state index contributed by atoms with van der Waals surface area (Å²) in [6, 6.07) is 9.37. The molecule has 7 nitrogen and oxygen atoms in total. The van der Waals surface area contributed by atoms with Crippen molar-refractivity contribution in [1.29, 1.82) is 0 Å². The van der Waals surface area contributed by atoms with Crippen molar-refractivity contribution in [2.24, 2.45) is 0 Å². The summed E-state index contributed by atoms with van der Waals surface area (Å²) in [6.07, 6.45) is 1.32. The molecule has 2 aromatic rings. The lowest BCUT2D eigenvalue weighted by Gasteiger charge is -2.26. The number of sulfonamides is 1. The molecule has 0 atom stereocenters. The molecular weight excluding hydrogens is 380 g/mol. The Kier molecular flexibility index (Phi) is 5.87. The zero-order valence-corrected chi connectivity index (χ0v) is 15.4. The number of halogens is 1. The molecule has 0 aliphatic carbocycles. The summed E-state index contributed by atoms with van der Waals surface area (Å²) in [5, 5.41) is 0.280. The van der Waals surface area contributed by atoms with Crippen LogP contribution in [0.5, 0.6) is 0 Å². The van der Waals surface area contributed by atoms with Crippen LogP contribution in [0.1, 0.15) is 15.9 Å². The third-order valence-electron chi connectivity index (χ3n) is 3.84. The van der Waals surface area contributed by atoms with Crippen molar-refractivity contribution in [2.75, 3.05) is 26.3 Å². The van der Waals surface area contributed by atoms with Crippen LogP contribution >= 0.6 is 11.6 Å². The molecule has 0 N–H and O–H groups in total. The third-order valence-corrected chi connectivity index (χ3v) is 5.96. The van der Waals surface area contributed by atoms with Crippen LogP contribution in [0.25, 0.3) is 0 Å². The fraction of sp³-hybridized carbons (Fsp3) is 0.294. The van der Waals surface area contributed by atoms with Gasteiger partial charge in [-0.3, -0.25) is 0 Å². The van der Waals surface area contributed by atoms with E-state index in [-0.39, 0.29) is 22.2 Å². The minimum Gasteiger partial charge on any atom is -0.457 e. The Morgan fingerprint density at radius 3 is 2.69 bits per heavy atom. The molecule has 1 aliphatic heterocycles. The molecule has 0 spiro atoms. The maximum atomic E-state index is 12.7. The largest absolute Gasteiger partial charge is 0.457 e. The minimum absolute atomic E-state index is 0.0477. The molecule has 1 saturated heterocycles. The minimum atomic E-state index is -3.59. The number of pyridine rings is 1. The van der Waals surface area contributed by atoms with Gasteiger partial charge >= 0.3 is 5.97 Å². The molecule has 1 fully saturated rings. The molecule has 9 heteroatoms. The fourth-order valence-electron chi connectivity index (χ4n) is 2.46. The van der Waals surface area contributed by atoms with Crippen LogP contribution in [-0.4, -0.2) is 50.0 Å². The van der Waals surface area contributed by atoms with E-state index in [1.54, 1.807) is 12.1 Å². The summed E-state index contributed by atoms with van der Waals surface area (Å²) >= 11 is 5.68. The molecule has 0 saturated carbocycles. The molecule has 3 rings (SSSR count). The number of esters is 1. The summed E-state index contributed by atoms with van der Waals surface area (Å²) in [5.74, 6) is -0.560. The maximum Gasteiger partial charge on any atom is 0.340 e. The first kappa shape index (κ1) is 18.8. The van der Waals surface area contributed by atoms with Gasteiger partial charge in [0.25, 0.3) is 0 Å². The van der Waals surface area contributed by atoms with E-state index in [2.05, 4.69) is 4.98 Å². The van der Waals surface area contributed by atoms with Gasteiger partial charge in [0.1, 0.15) is 11.8 Å². The van der Waals surface area contributed by atoms with Crippen LogP contribution in [0.3, 0.4) is 0 Å². The van der Waals surface area contributed by atoms with Gasteiger partial charge in [0.2, 0.25) is 10.0 Å². The van der Waals surface area contributed by atoms with Crippen LogP contribution < -0.4 is 0 Å². The summed E-state index contributed by atoms with van der Waals surface area (Å²) in [4.78, 5) is 16.0. The van der Waals surface area contributed by atoms with Crippen LogP contribution in [0.2, 0.25) is 5.15 Å². The van der Waals surface area contributed by atoms with Gasteiger partial charge < -0.3 is 9.47 Å². The highest BCUT2D eigenvalue weighted by atomic mass is 35.5. The second-order valence-corrected chi connectivity index (χ2v) is 7.93. The summed E-state index contributed by atoms with van der Waals surface area (Å²) in [6.45, 7) is 1.36. The molecule has 1 aromatic heterocycles. The zero-order chi connectivity index (χ0) is 18.6. The van der Waals surface area contributed by atoms with Crippen molar-refractivity contribution < 1.29 is 22.7 Å². The molecule has 1 aliphatic rings. The van der Waals surface area contributed by atoms with Gasteiger partial charge in [0.05, 0.1) is 23.7 Å². The van der Waals surface area contributed by atoms with Gasteiger partial charge in [0, 0.05) is 19.3 Å². The highest BCUT2D eigenvalue weighted by Gasteiger charge is 2.26. The lowest BCUT2D eigenvalue weighted by atomic mass is 10.2. The number of carbonyl (C=O) groups excluding carboxylic acids is 1. The monoisotopic (exact) mass is 396 g/mol. The third kappa shape index (κ3) is 4.39. The van der Waals surface area contributed by atoms with E-state index in [4.69, 9.17) is 21.1 Å². The van der Waals surface area contributed by atoms with E-state index >= 15 is 0 Å². The molecule has 138 valence electrons. The van der Waals surface area contributed by atoms with Crippen molar-refractivity contribution in [2.45, 2.75) is 11.5 Å². The van der Waals surface area contributed by atoms with Crippen LogP contribution in [0.15, 0.2) is 47.5 Å². The Morgan fingerprint density at radius 1 is 1.23 bits per heavy atom. The molecule has 0 unspecified atom stereocenters.